The summed E-state index contributed by atoms with van der Waals surface area (Å²) < 4.78 is 38.9. The lowest BCUT2D eigenvalue weighted by molar-refractivity contribution is 0.288. The number of benzene rings is 2. The number of nitrogens with zero attached hydrogens (tertiary/aromatic N) is 4. The number of aromatic nitrogens is 3. The van der Waals surface area contributed by atoms with Gasteiger partial charge in [-0.3, -0.25) is 4.68 Å². The van der Waals surface area contributed by atoms with Crippen LogP contribution in [0.25, 0.3) is 32.9 Å². The van der Waals surface area contributed by atoms with Crippen LogP contribution in [0.4, 0.5) is 14.6 Å². The van der Waals surface area contributed by atoms with E-state index < -0.39 is 11.6 Å². The van der Waals surface area contributed by atoms with Crippen molar-refractivity contribution in [1.29, 1.82) is 0 Å². The number of halogens is 2. The maximum Gasteiger partial charge on any atom is 0.227 e. The molecule has 2 N–H and O–H groups in total. The Labute approximate surface area is 212 Å². The van der Waals surface area contributed by atoms with Gasteiger partial charge in [-0.15, -0.1) is 6.42 Å². The van der Waals surface area contributed by atoms with Gasteiger partial charge in [-0.1, -0.05) is 12.0 Å². The van der Waals surface area contributed by atoms with Crippen molar-refractivity contribution >= 4 is 27.5 Å². The Morgan fingerprint density at radius 3 is 2.59 bits per heavy atom. The number of piperidine rings is 2. The lowest BCUT2D eigenvalue weighted by Gasteiger charge is -2.46. The average molecular weight is 502 g/mol. The molecular formula is C28H25F2N5O2. The van der Waals surface area contributed by atoms with Gasteiger partial charge >= 0.3 is 0 Å². The zero-order valence-corrected chi connectivity index (χ0v) is 20.3. The van der Waals surface area contributed by atoms with Gasteiger partial charge in [0, 0.05) is 36.1 Å². The van der Waals surface area contributed by atoms with Crippen molar-refractivity contribution in [1.82, 2.24) is 20.1 Å². The second-order valence-corrected chi connectivity index (χ2v) is 10.2. The summed E-state index contributed by atoms with van der Waals surface area (Å²) >= 11 is 0. The van der Waals surface area contributed by atoms with Crippen molar-refractivity contribution < 1.29 is 18.6 Å². The zero-order chi connectivity index (χ0) is 25.4. The number of fused-ring (bicyclic) bond motifs is 5. The molecule has 188 valence electrons. The fraction of sp³-hybridized carbons (Fsp3) is 0.357. The van der Waals surface area contributed by atoms with E-state index in [1.54, 1.807) is 4.68 Å². The minimum Gasteiger partial charge on any atom is -0.508 e. The quantitative estimate of drug-likeness (QED) is 0.401. The standard InChI is InChI=1S/C28H25F2N5O2/c1-3-19-21(29)9-4-14-10-18(36)11-20(22(14)19)25-24(30)26-23(28(32-25)37-2)27(33-35(26)16-7-8-16)34-13-15-5-6-17(34)12-31-15/h1,4,9-11,15-17,31,36H,5-8,12-13H2,2H3/t15-,17+/m1/s1. The van der Waals surface area contributed by atoms with Gasteiger partial charge in [-0.2, -0.15) is 5.10 Å². The maximum atomic E-state index is 16.6. The van der Waals surface area contributed by atoms with Gasteiger partial charge in [0.2, 0.25) is 5.88 Å². The molecule has 0 unspecified atom stereocenters. The number of aromatic hydroxyl groups is 1. The Balaban J connectivity index is 1.54. The van der Waals surface area contributed by atoms with Crippen molar-refractivity contribution in [3.8, 4) is 35.2 Å². The Hall–Kier alpha value is -3.90. The fourth-order valence-electron chi connectivity index (χ4n) is 5.98. The first-order valence-corrected chi connectivity index (χ1v) is 12.6. The highest BCUT2D eigenvalue weighted by atomic mass is 19.1. The highest BCUT2D eigenvalue weighted by Gasteiger charge is 2.39. The van der Waals surface area contributed by atoms with Gasteiger partial charge in [0.25, 0.3) is 0 Å². The normalized spacial score (nSPS) is 21.1. The smallest absolute Gasteiger partial charge is 0.227 e. The first kappa shape index (κ1) is 22.3. The topological polar surface area (TPSA) is 75.4 Å². The Morgan fingerprint density at radius 2 is 1.95 bits per heavy atom. The molecule has 0 radical (unpaired) electrons. The molecule has 4 fully saturated rings. The SMILES string of the molecule is C#Cc1c(F)ccc2cc(O)cc(-c3nc(OC)c4c(N5C[C@H]6CC[C@H]5CN6)nn(C5CC5)c4c3F)c12. The molecule has 3 aliphatic heterocycles. The van der Waals surface area contributed by atoms with Crippen LogP contribution >= 0.6 is 0 Å². The maximum absolute atomic E-state index is 16.6. The minimum atomic E-state index is -0.602. The Morgan fingerprint density at radius 1 is 1.14 bits per heavy atom. The number of hydrogen-bond acceptors (Lipinski definition) is 6. The molecule has 5 heterocycles. The molecule has 9 heteroatoms. The number of nitrogens with one attached hydrogen (secondary N) is 1. The molecule has 3 saturated heterocycles. The lowest BCUT2D eigenvalue weighted by Crippen LogP contribution is -2.61. The van der Waals surface area contributed by atoms with E-state index >= 15 is 4.39 Å². The van der Waals surface area contributed by atoms with Crippen molar-refractivity contribution in [2.75, 3.05) is 25.1 Å². The van der Waals surface area contributed by atoms with E-state index in [0.29, 0.717) is 33.5 Å². The monoisotopic (exact) mass is 501 g/mol. The Bertz CT molecular complexity index is 1630. The summed E-state index contributed by atoms with van der Waals surface area (Å²) in [5.41, 5.74) is 0.430. The molecule has 1 aliphatic carbocycles. The number of phenolic OH excluding ortho intramolecular Hbond substituents is 1. The second-order valence-electron chi connectivity index (χ2n) is 10.2. The van der Waals surface area contributed by atoms with Crippen LogP contribution < -0.4 is 15.0 Å². The van der Waals surface area contributed by atoms with Gasteiger partial charge in [-0.05, 0) is 49.3 Å². The predicted molar refractivity (Wildman–Crippen MR) is 137 cm³/mol. The van der Waals surface area contributed by atoms with Gasteiger partial charge in [-0.25, -0.2) is 13.8 Å². The van der Waals surface area contributed by atoms with E-state index in [4.69, 9.17) is 16.3 Å². The summed E-state index contributed by atoms with van der Waals surface area (Å²) in [5, 5.41) is 20.3. The summed E-state index contributed by atoms with van der Waals surface area (Å²) in [7, 11) is 1.50. The third kappa shape index (κ3) is 3.28. The van der Waals surface area contributed by atoms with Crippen LogP contribution in [0.3, 0.4) is 0 Å². The van der Waals surface area contributed by atoms with Crippen molar-refractivity contribution in [2.45, 2.75) is 43.8 Å². The third-order valence-electron chi connectivity index (χ3n) is 7.89. The van der Waals surface area contributed by atoms with Crippen LogP contribution in [-0.2, 0) is 0 Å². The highest BCUT2D eigenvalue weighted by molar-refractivity contribution is 6.04. The highest BCUT2D eigenvalue weighted by Crippen LogP contribution is 2.47. The Kier molecular flexibility index (Phi) is 4.85. The van der Waals surface area contributed by atoms with E-state index in [-0.39, 0.29) is 40.5 Å². The molecule has 0 spiro atoms. The minimum absolute atomic E-state index is 0.0130. The van der Waals surface area contributed by atoms with E-state index in [2.05, 4.69) is 21.1 Å². The lowest BCUT2D eigenvalue weighted by atomic mass is 9.93. The summed E-state index contributed by atoms with van der Waals surface area (Å²) in [4.78, 5) is 6.86. The average Bonchev–Trinajstić information content (AvgIpc) is 3.69. The number of terminal acetylenes is 1. The van der Waals surface area contributed by atoms with E-state index in [1.165, 1.54) is 31.4 Å². The zero-order valence-electron chi connectivity index (χ0n) is 20.3. The first-order valence-electron chi connectivity index (χ1n) is 12.6. The van der Waals surface area contributed by atoms with Gasteiger partial charge in [0.05, 0.1) is 18.7 Å². The van der Waals surface area contributed by atoms with Crippen molar-refractivity contribution in [2.24, 2.45) is 0 Å². The number of rotatable bonds is 4. The number of phenols is 1. The predicted octanol–water partition coefficient (Wildman–Crippen LogP) is 4.50. The summed E-state index contributed by atoms with van der Waals surface area (Å²) in [6.07, 6.45) is 9.62. The summed E-state index contributed by atoms with van der Waals surface area (Å²) in [5.74, 6) is 2.00. The summed E-state index contributed by atoms with van der Waals surface area (Å²) in [6.45, 7) is 1.64. The molecule has 2 bridgehead atoms. The second kappa shape index (κ2) is 8.05. The van der Waals surface area contributed by atoms with Gasteiger partial charge < -0.3 is 20.1 Å². The van der Waals surface area contributed by atoms with Crippen molar-refractivity contribution in [3.63, 3.8) is 0 Å². The molecular weight excluding hydrogens is 476 g/mol. The number of piperazine rings is 1. The molecule has 4 aromatic rings. The number of anilines is 1. The van der Waals surface area contributed by atoms with Crippen LogP contribution in [0.1, 0.15) is 37.3 Å². The number of hydrogen-bond donors (Lipinski definition) is 2. The number of pyridine rings is 1. The van der Waals surface area contributed by atoms with Crippen LogP contribution in [0.15, 0.2) is 24.3 Å². The van der Waals surface area contributed by atoms with Crippen LogP contribution in [0.5, 0.6) is 11.6 Å². The molecule has 2 aromatic heterocycles. The molecule has 2 atom stereocenters. The fourth-order valence-corrected chi connectivity index (χ4v) is 5.98. The third-order valence-corrected chi connectivity index (χ3v) is 7.89. The van der Waals surface area contributed by atoms with Crippen LogP contribution in [0.2, 0.25) is 0 Å². The molecule has 2 aromatic carbocycles. The molecule has 37 heavy (non-hydrogen) atoms. The molecule has 1 saturated carbocycles. The van der Waals surface area contributed by atoms with Gasteiger partial charge in [0.15, 0.2) is 11.6 Å². The van der Waals surface area contributed by atoms with E-state index in [9.17, 15) is 9.50 Å². The van der Waals surface area contributed by atoms with E-state index in [1.807, 2.05) is 0 Å². The molecule has 8 rings (SSSR count). The van der Waals surface area contributed by atoms with Crippen molar-refractivity contribution in [3.05, 3.63) is 41.5 Å². The first-order chi connectivity index (χ1) is 18.0. The molecule has 4 aliphatic rings. The summed E-state index contributed by atoms with van der Waals surface area (Å²) in [6, 6.07) is 6.31. The number of methoxy groups -OCH3 is 1. The molecule has 0 amide bonds. The van der Waals surface area contributed by atoms with E-state index in [0.717, 1.165) is 38.8 Å². The van der Waals surface area contributed by atoms with Crippen LogP contribution in [-0.4, -0.2) is 52.2 Å². The number of ether oxygens (including phenoxy) is 1. The molecule has 7 nitrogen and oxygen atoms in total. The largest absolute Gasteiger partial charge is 0.508 e. The van der Waals surface area contributed by atoms with Gasteiger partial charge in [0.1, 0.15) is 28.2 Å². The van der Waals surface area contributed by atoms with Crippen LogP contribution in [0, 0.1) is 24.0 Å².